The highest BCUT2D eigenvalue weighted by atomic mass is 19.1. The summed E-state index contributed by atoms with van der Waals surface area (Å²) in [7, 11) is 3.04. The number of hydrogen-bond donors (Lipinski definition) is 2. The number of amides is 2. The van der Waals surface area contributed by atoms with Crippen molar-refractivity contribution < 1.29 is 18.7 Å². The molecule has 0 aliphatic rings. The lowest BCUT2D eigenvalue weighted by Crippen LogP contribution is -2.33. The molecule has 1 atom stereocenters. The number of nitrogens with one attached hydrogen (secondary N) is 2. The third kappa shape index (κ3) is 4.69. The van der Waals surface area contributed by atoms with Crippen molar-refractivity contribution in [3.63, 3.8) is 0 Å². The van der Waals surface area contributed by atoms with E-state index in [9.17, 15) is 9.18 Å². The lowest BCUT2D eigenvalue weighted by atomic mass is 10.1. The molecule has 0 bridgehead atoms. The van der Waals surface area contributed by atoms with Crippen molar-refractivity contribution >= 4 is 11.7 Å². The number of urea groups is 1. The zero-order valence-corrected chi connectivity index (χ0v) is 13.0. The van der Waals surface area contributed by atoms with Crippen molar-refractivity contribution in [1.29, 1.82) is 0 Å². The van der Waals surface area contributed by atoms with Gasteiger partial charge in [0.25, 0.3) is 0 Å². The van der Waals surface area contributed by atoms with Gasteiger partial charge in [-0.1, -0.05) is 24.3 Å². The van der Waals surface area contributed by atoms with Crippen molar-refractivity contribution in [2.75, 3.05) is 26.1 Å². The molecule has 0 saturated carbocycles. The summed E-state index contributed by atoms with van der Waals surface area (Å²) in [6.45, 7) is 0.209. The van der Waals surface area contributed by atoms with E-state index in [0.29, 0.717) is 17.0 Å². The Morgan fingerprint density at radius 3 is 2.65 bits per heavy atom. The predicted molar refractivity (Wildman–Crippen MR) is 86.2 cm³/mol. The normalized spacial score (nSPS) is 11.6. The maximum atomic E-state index is 13.3. The monoisotopic (exact) mass is 318 g/mol. The van der Waals surface area contributed by atoms with Gasteiger partial charge in [0.15, 0.2) is 0 Å². The Hall–Kier alpha value is -2.60. The van der Waals surface area contributed by atoms with Gasteiger partial charge in [-0.15, -0.1) is 0 Å². The maximum Gasteiger partial charge on any atom is 0.319 e. The lowest BCUT2D eigenvalue weighted by molar-refractivity contribution is 0.104. The molecule has 0 radical (unpaired) electrons. The minimum atomic E-state index is -0.436. The molecule has 0 aliphatic heterocycles. The SMILES string of the molecule is COc1ccccc1NC(=O)NCC(OC)c1cccc(F)c1. The summed E-state index contributed by atoms with van der Waals surface area (Å²) in [5.41, 5.74) is 1.22. The van der Waals surface area contributed by atoms with Gasteiger partial charge >= 0.3 is 6.03 Å². The lowest BCUT2D eigenvalue weighted by Gasteiger charge is -2.17. The molecular weight excluding hydrogens is 299 g/mol. The zero-order chi connectivity index (χ0) is 16.7. The third-order valence-corrected chi connectivity index (χ3v) is 3.31. The number of para-hydroxylation sites is 2. The van der Waals surface area contributed by atoms with E-state index in [2.05, 4.69) is 10.6 Å². The summed E-state index contributed by atoms with van der Waals surface area (Å²) in [6.07, 6.45) is -0.436. The number of methoxy groups -OCH3 is 2. The summed E-state index contributed by atoms with van der Waals surface area (Å²) < 4.78 is 23.7. The molecule has 0 spiro atoms. The summed E-state index contributed by atoms with van der Waals surface area (Å²) in [4.78, 5) is 12.0. The Labute approximate surface area is 134 Å². The minimum Gasteiger partial charge on any atom is -0.495 e. The molecule has 2 amide bonds. The fraction of sp³-hybridized carbons (Fsp3) is 0.235. The van der Waals surface area contributed by atoms with Gasteiger partial charge in [0.2, 0.25) is 0 Å². The van der Waals surface area contributed by atoms with E-state index < -0.39 is 12.1 Å². The summed E-state index contributed by atoms with van der Waals surface area (Å²) in [5.74, 6) is 0.221. The van der Waals surface area contributed by atoms with Crippen LogP contribution in [0, 0.1) is 5.82 Å². The van der Waals surface area contributed by atoms with Gasteiger partial charge in [-0.05, 0) is 29.8 Å². The molecule has 1 unspecified atom stereocenters. The standard InChI is InChI=1S/C17H19FN2O3/c1-22-15-9-4-3-8-14(15)20-17(21)19-11-16(23-2)12-6-5-7-13(18)10-12/h3-10,16H,11H2,1-2H3,(H2,19,20,21). The van der Waals surface area contributed by atoms with E-state index in [-0.39, 0.29) is 12.4 Å². The highest BCUT2D eigenvalue weighted by molar-refractivity contribution is 5.90. The van der Waals surface area contributed by atoms with Crippen LogP contribution < -0.4 is 15.4 Å². The van der Waals surface area contributed by atoms with Gasteiger partial charge in [-0.25, -0.2) is 9.18 Å². The van der Waals surface area contributed by atoms with E-state index in [4.69, 9.17) is 9.47 Å². The molecule has 0 saturated heterocycles. The van der Waals surface area contributed by atoms with Crippen LogP contribution in [0.3, 0.4) is 0 Å². The Morgan fingerprint density at radius 1 is 1.17 bits per heavy atom. The van der Waals surface area contributed by atoms with Crippen LogP contribution in [0.4, 0.5) is 14.9 Å². The average Bonchev–Trinajstić information content (AvgIpc) is 2.56. The first-order valence-corrected chi connectivity index (χ1v) is 7.10. The van der Waals surface area contributed by atoms with E-state index >= 15 is 0 Å². The van der Waals surface area contributed by atoms with Crippen molar-refractivity contribution in [3.05, 3.63) is 59.9 Å². The Morgan fingerprint density at radius 2 is 1.96 bits per heavy atom. The minimum absolute atomic E-state index is 0.209. The number of carbonyl (C=O) groups is 1. The van der Waals surface area contributed by atoms with Gasteiger partial charge in [-0.3, -0.25) is 0 Å². The molecule has 5 nitrogen and oxygen atoms in total. The van der Waals surface area contributed by atoms with Crippen LogP contribution in [-0.2, 0) is 4.74 Å². The Balaban J connectivity index is 1.95. The number of benzene rings is 2. The fourth-order valence-electron chi connectivity index (χ4n) is 2.14. The quantitative estimate of drug-likeness (QED) is 0.859. The molecule has 122 valence electrons. The molecule has 2 N–H and O–H groups in total. The molecule has 0 fully saturated rings. The van der Waals surface area contributed by atoms with Crippen molar-refractivity contribution in [3.8, 4) is 5.75 Å². The molecule has 23 heavy (non-hydrogen) atoms. The highest BCUT2D eigenvalue weighted by Gasteiger charge is 2.13. The number of hydrogen-bond acceptors (Lipinski definition) is 3. The summed E-state index contributed by atoms with van der Waals surface area (Å²) in [6, 6.07) is 12.8. The van der Waals surface area contributed by atoms with Crippen LogP contribution in [0.2, 0.25) is 0 Å². The van der Waals surface area contributed by atoms with Gasteiger partial charge in [-0.2, -0.15) is 0 Å². The topological polar surface area (TPSA) is 59.6 Å². The second-order valence-electron chi connectivity index (χ2n) is 4.81. The smallest absolute Gasteiger partial charge is 0.319 e. The van der Waals surface area contributed by atoms with E-state index in [0.717, 1.165) is 0 Å². The summed E-state index contributed by atoms with van der Waals surface area (Å²) >= 11 is 0. The molecule has 2 aromatic rings. The first-order valence-electron chi connectivity index (χ1n) is 7.10. The van der Waals surface area contributed by atoms with Crippen LogP contribution in [-0.4, -0.2) is 26.8 Å². The van der Waals surface area contributed by atoms with E-state index in [1.54, 1.807) is 30.3 Å². The van der Waals surface area contributed by atoms with Crippen molar-refractivity contribution in [1.82, 2.24) is 5.32 Å². The molecule has 0 heterocycles. The number of rotatable bonds is 6. The first kappa shape index (κ1) is 16.8. The fourth-order valence-corrected chi connectivity index (χ4v) is 2.14. The number of carbonyl (C=O) groups excluding carboxylic acids is 1. The van der Waals surface area contributed by atoms with E-state index in [1.807, 2.05) is 6.07 Å². The molecule has 2 rings (SSSR count). The molecule has 2 aromatic carbocycles. The molecular formula is C17H19FN2O3. The molecule has 0 aliphatic carbocycles. The predicted octanol–water partition coefficient (Wildman–Crippen LogP) is 3.34. The second-order valence-corrected chi connectivity index (χ2v) is 4.81. The second kappa shape index (κ2) is 8.14. The van der Waals surface area contributed by atoms with Gasteiger partial charge in [0.05, 0.1) is 18.9 Å². The number of halogens is 1. The molecule has 0 aromatic heterocycles. The molecule has 6 heteroatoms. The van der Waals surface area contributed by atoms with Crippen molar-refractivity contribution in [2.24, 2.45) is 0 Å². The van der Waals surface area contributed by atoms with Gasteiger partial charge in [0.1, 0.15) is 11.6 Å². The average molecular weight is 318 g/mol. The van der Waals surface area contributed by atoms with E-state index in [1.165, 1.54) is 26.4 Å². The first-order chi connectivity index (χ1) is 11.1. The van der Waals surface area contributed by atoms with Crippen LogP contribution in [0.1, 0.15) is 11.7 Å². The van der Waals surface area contributed by atoms with Crippen LogP contribution >= 0.6 is 0 Å². The Kier molecular flexibility index (Phi) is 5.94. The summed E-state index contributed by atoms with van der Waals surface area (Å²) in [5, 5.41) is 5.40. The van der Waals surface area contributed by atoms with Crippen molar-refractivity contribution in [2.45, 2.75) is 6.10 Å². The number of anilines is 1. The van der Waals surface area contributed by atoms with Crippen LogP contribution in [0.5, 0.6) is 5.75 Å². The van der Waals surface area contributed by atoms with Gasteiger partial charge < -0.3 is 20.1 Å². The van der Waals surface area contributed by atoms with Crippen LogP contribution in [0.15, 0.2) is 48.5 Å². The number of ether oxygens (including phenoxy) is 2. The van der Waals surface area contributed by atoms with Crippen LogP contribution in [0.25, 0.3) is 0 Å². The largest absolute Gasteiger partial charge is 0.495 e. The Bertz CT molecular complexity index is 664. The zero-order valence-electron chi connectivity index (χ0n) is 13.0. The third-order valence-electron chi connectivity index (χ3n) is 3.31. The highest BCUT2D eigenvalue weighted by Crippen LogP contribution is 2.23. The maximum absolute atomic E-state index is 13.3. The van der Waals surface area contributed by atoms with Gasteiger partial charge in [0, 0.05) is 13.7 Å².